The van der Waals surface area contributed by atoms with Gasteiger partial charge in [0.05, 0.1) is 13.5 Å². The zero-order chi connectivity index (χ0) is 10.4. The molecule has 1 atom stereocenters. The predicted molar refractivity (Wildman–Crippen MR) is 48.8 cm³/mol. The first-order valence-electron chi connectivity index (χ1n) is 4.33. The Labute approximate surface area is 78.4 Å². The van der Waals surface area contributed by atoms with Crippen LogP contribution in [0.4, 0.5) is 0 Å². The lowest BCUT2D eigenvalue weighted by molar-refractivity contribution is -0.144. The van der Waals surface area contributed by atoms with Crippen LogP contribution in [0.25, 0.3) is 0 Å². The predicted octanol–water partition coefficient (Wildman–Crippen LogP) is 0.697. The molecule has 76 valence electrons. The summed E-state index contributed by atoms with van der Waals surface area (Å²) in [6, 6.07) is 0. The minimum Gasteiger partial charge on any atom is -0.469 e. The third-order valence-electron chi connectivity index (χ3n) is 1.80. The van der Waals surface area contributed by atoms with Crippen LogP contribution in [-0.4, -0.2) is 19.0 Å². The highest BCUT2D eigenvalue weighted by molar-refractivity contribution is 5.82. The van der Waals surface area contributed by atoms with E-state index in [1.165, 1.54) is 7.11 Å². The fourth-order valence-corrected chi connectivity index (χ4v) is 1.15. The molecule has 4 nitrogen and oxygen atoms in total. The summed E-state index contributed by atoms with van der Waals surface area (Å²) < 4.78 is 4.47. The van der Waals surface area contributed by atoms with Crippen LogP contribution >= 0.6 is 0 Å². The maximum absolute atomic E-state index is 10.9. The molecule has 0 aliphatic heterocycles. The standard InChI is InChI=1S/C9H17NO3/c1-6(2)4-7(9(10)12)5-8(11)13-3/h6-7H,4-5H2,1-3H3,(H2,10,12). The van der Waals surface area contributed by atoms with E-state index in [1.807, 2.05) is 13.8 Å². The fraction of sp³-hybridized carbons (Fsp3) is 0.778. The monoisotopic (exact) mass is 187 g/mol. The van der Waals surface area contributed by atoms with Gasteiger partial charge in [-0.15, -0.1) is 0 Å². The van der Waals surface area contributed by atoms with E-state index in [9.17, 15) is 9.59 Å². The first-order valence-corrected chi connectivity index (χ1v) is 4.33. The number of carbonyl (C=O) groups is 2. The second-order valence-electron chi connectivity index (χ2n) is 3.51. The van der Waals surface area contributed by atoms with E-state index in [2.05, 4.69) is 4.74 Å². The molecule has 0 heterocycles. The summed E-state index contributed by atoms with van der Waals surface area (Å²) in [5.74, 6) is -0.863. The van der Waals surface area contributed by atoms with Gasteiger partial charge in [-0.25, -0.2) is 0 Å². The SMILES string of the molecule is COC(=O)CC(CC(C)C)C(N)=O. The molecule has 13 heavy (non-hydrogen) atoms. The number of nitrogens with two attached hydrogens (primary N) is 1. The van der Waals surface area contributed by atoms with E-state index in [0.29, 0.717) is 12.3 Å². The number of rotatable bonds is 5. The molecule has 0 saturated carbocycles. The Morgan fingerprint density at radius 2 is 1.92 bits per heavy atom. The van der Waals surface area contributed by atoms with Crippen molar-refractivity contribution in [1.82, 2.24) is 0 Å². The summed E-state index contributed by atoms with van der Waals surface area (Å²) in [7, 11) is 1.30. The minimum absolute atomic E-state index is 0.0873. The highest BCUT2D eigenvalue weighted by Crippen LogP contribution is 2.15. The van der Waals surface area contributed by atoms with E-state index in [4.69, 9.17) is 5.73 Å². The summed E-state index contributed by atoms with van der Waals surface area (Å²) in [4.78, 5) is 21.8. The Hall–Kier alpha value is -1.06. The maximum atomic E-state index is 10.9. The van der Waals surface area contributed by atoms with Crippen molar-refractivity contribution >= 4 is 11.9 Å². The van der Waals surface area contributed by atoms with Crippen molar-refractivity contribution < 1.29 is 14.3 Å². The highest BCUT2D eigenvalue weighted by Gasteiger charge is 2.20. The van der Waals surface area contributed by atoms with Gasteiger partial charge in [0.25, 0.3) is 0 Å². The molecule has 0 rings (SSSR count). The van der Waals surface area contributed by atoms with Crippen molar-refractivity contribution in [2.45, 2.75) is 26.7 Å². The van der Waals surface area contributed by atoms with Crippen molar-refractivity contribution in [3.8, 4) is 0 Å². The van der Waals surface area contributed by atoms with Crippen LogP contribution in [0.15, 0.2) is 0 Å². The van der Waals surface area contributed by atoms with E-state index in [0.717, 1.165) is 0 Å². The van der Waals surface area contributed by atoms with Crippen molar-refractivity contribution in [3.63, 3.8) is 0 Å². The number of primary amides is 1. The zero-order valence-corrected chi connectivity index (χ0v) is 8.37. The molecule has 0 aliphatic rings. The Morgan fingerprint density at radius 3 is 2.23 bits per heavy atom. The largest absolute Gasteiger partial charge is 0.469 e. The molecule has 0 fully saturated rings. The maximum Gasteiger partial charge on any atom is 0.306 e. The molecule has 0 radical (unpaired) electrons. The van der Waals surface area contributed by atoms with E-state index in [1.54, 1.807) is 0 Å². The zero-order valence-electron chi connectivity index (χ0n) is 8.37. The molecular formula is C9H17NO3. The molecule has 0 bridgehead atoms. The number of esters is 1. The summed E-state index contributed by atoms with van der Waals surface area (Å²) in [6.07, 6.45) is 0.717. The molecule has 0 aliphatic carbocycles. The molecule has 1 unspecified atom stereocenters. The van der Waals surface area contributed by atoms with Gasteiger partial charge in [0.2, 0.25) is 5.91 Å². The Balaban J connectivity index is 4.10. The van der Waals surface area contributed by atoms with Crippen molar-refractivity contribution in [2.75, 3.05) is 7.11 Å². The molecule has 0 aromatic carbocycles. The number of ether oxygens (including phenoxy) is 1. The third-order valence-corrected chi connectivity index (χ3v) is 1.80. The normalized spacial score (nSPS) is 12.6. The molecule has 2 N–H and O–H groups in total. The van der Waals surface area contributed by atoms with Gasteiger partial charge < -0.3 is 10.5 Å². The molecule has 1 amide bonds. The third kappa shape index (κ3) is 5.22. The van der Waals surface area contributed by atoms with Gasteiger partial charge in [-0.1, -0.05) is 13.8 Å². The molecule has 0 saturated heterocycles. The first kappa shape index (κ1) is 11.9. The van der Waals surface area contributed by atoms with E-state index in [-0.39, 0.29) is 12.4 Å². The van der Waals surface area contributed by atoms with E-state index >= 15 is 0 Å². The fourth-order valence-electron chi connectivity index (χ4n) is 1.15. The lowest BCUT2D eigenvalue weighted by atomic mass is 9.94. The summed E-state index contributed by atoms with van der Waals surface area (Å²) in [6.45, 7) is 3.96. The molecule has 4 heteroatoms. The molecular weight excluding hydrogens is 170 g/mol. The lowest BCUT2D eigenvalue weighted by Gasteiger charge is -2.13. The van der Waals surface area contributed by atoms with Gasteiger partial charge in [0.15, 0.2) is 0 Å². The number of carbonyl (C=O) groups excluding carboxylic acids is 2. The quantitative estimate of drug-likeness (QED) is 0.644. The van der Waals surface area contributed by atoms with Gasteiger partial charge in [-0.3, -0.25) is 9.59 Å². The number of amides is 1. The molecule has 0 aromatic heterocycles. The smallest absolute Gasteiger partial charge is 0.306 e. The Kier molecular flexibility index (Phi) is 5.11. The number of hydrogen-bond acceptors (Lipinski definition) is 3. The van der Waals surface area contributed by atoms with Crippen LogP contribution in [0.3, 0.4) is 0 Å². The van der Waals surface area contributed by atoms with Gasteiger partial charge in [0.1, 0.15) is 0 Å². The second-order valence-corrected chi connectivity index (χ2v) is 3.51. The van der Waals surface area contributed by atoms with E-state index < -0.39 is 11.8 Å². The van der Waals surface area contributed by atoms with Crippen LogP contribution in [0.2, 0.25) is 0 Å². The summed E-state index contributed by atoms with van der Waals surface area (Å²) >= 11 is 0. The Morgan fingerprint density at radius 1 is 1.38 bits per heavy atom. The van der Waals surface area contributed by atoms with Gasteiger partial charge in [0, 0.05) is 5.92 Å². The number of methoxy groups -OCH3 is 1. The Bertz CT molecular complexity index is 189. The van der Waals surface area contributed by atoms with Gasteiger partial charge >= 0.3 is 5.97 Å². The summed E-state index contributed by atoms with van der Waals surface area (Å²) in [5.41, 5.74) is 5.14. The average Bonchev–Trinajstić information content (AvgIpc) is 2.02. The van der Waals surface area contributed by atoms with Crippen LogP contribution in [0.1, 0.15) is 26.7 Å². The van der Waals surface area contributed by atoms with Gasteiger partial charge in [-0.2, -0.15) is 0 Å². The van der Waals surface area contributed by atoms with Crippen molar-refractivity contribution in [3.05, 3.63) is 0 Å². The van der Waals surface area contributed by atoms with Crippen molar-refractivity contribution in [1.29, 1.82) is 0 Å². The average molecular weight is 187 g/mol. The highest BCUT2D eigenvalue weighted by atomic mass is 16.5. The molecule has 0 aromatic rings. The van der Waals surface area contributed by atoms with Crippen LogP contribution in [0.5, 0.6) is 0 Å². The summed E-state index contributed by atoms with van der Waals surface area (Å²) in [5, 5.41) is 0. The second kappa shape index (κ2) is 5.56. The molecule has 0 spiro atoms. The first-order chi connectivity index (χ1) is 5.97. The topological polar surface area (TPSA) is 69.4 Å². The minimum atomic E-state index is -0.431. The van der Waals surface area contributed by atoms with Crippen molar-refractivity contribution in [2.24, 2.45) is 17.6 Å². The number of hydrogen-bond donors (Lipinski definition) is 1. The van der Waals surface area contributed by atoms with Gasteiger partial charge in [-0.05, 0) is 12.3 Å². The van der Waals surface area contributed by atoms with Crippen LogP contribution in [0, 0.1) is 11.8 Å². The van der Waals surface area contributed by atoms with Crippen LogP contribution in [-0.2, 0) is 14.3 Å². The lowest BCUT2D eigenvalue weighted by Crippen LogP contribution is -2.27. The van der Waals surface area contributed by atoms with Crippen LogP contribution < -0.4 is 5.73 Å².